The number of nitrogens with one attached hydrogen (secondary N) is 2. The van der Waals surface area contributed by atoms with Gasteiger partial charge >= 0.3 is 0 Å². The molecule has 0 heterocycles. The molecule has 0 saturated heterocycles. The molecule has 124 valence electrons. The summed E-state index contributed by atoms with van der Waals surface area (Å²) >= 11 is 5.81. The number of carbonyl (C=O) groups excluding carboxylic acids is 2. The van der Waals surface area contributed by atoms with Crippen molar-refractivity contribution in [1.82, 2.24) is 10.7 Å². The van der Waals surface area contributed by atoms with Gasteiger partial charge in [0.2, 0.25) is 0 Å². The summed E-state index contributed by atoms with van der Waals surface area (Å²) in [5, 5.41) is 6.77. The first-order valence-corrected chi connectivity index (χ1v) is 7.46. The SMILES string of the molecule is COc1ccc(/C=N/NC(=O)CNC(=O)c2cccc(Cl)c2)cc1. The number of halogens is 1. The Kier molecular flexibility index (Phi) is 6.33. The molecule has 6 nitrogen and oxygen atoms in total. The average Bonchev–Trinajstić information content (AvgIpc) is 2.60. The predicted octanol–water partition coefficient (Wildman–Crippen LogP) is 2.23. The van der Waals surface area contributed by atoms with Crippen molar-refractivity contribution in [2.45, 2.75) is 0 Å². The van der Waals surface area contributed by atoms with Crippen molar-refractivity contribution in [3.8, 4) is 5.75 Å². The molecular weight excluding hydrogens is 330 g/mol. The molecule has 0 aliphatic rings. The van der Waals surface area contributed by atoms with Gasteiger partial charge in [-0.25, -0.2) is 5.43 Å². The van der Waals surface area contributed by atoms with E-state index in [1.54, 1.807) is 49.6 Å². The summed E-state index contributed by atoms with van der Waals surface area (Å²) in [6.45, 7) is -0.189. The fourth-order valence-corrected chi connectivity index (χ4v) is 1.99. The van der Waals surface area contributed by atoms with Crippen LogP contribution in [0.4, 0.5) is 0 Å². The van der Waals surface area contributed by atoms with E-state index in [2.05, 4.69) is 15.8 Å². The van der Waals surface area contributed by atoms with Crippen LogP contribution in [0.25, 0.3) is 0 Å². The van der Waals surface area contributed by atoms with Gasteiger partial charge in [-0.2, -0.15) is 5.10 Å². The first kappa shape index (κ1) is 17.5. The monoisotopic (exact) mass is 345 g/mol. The van der Waals surface area contributed by atoms with Gasteiger partial charge < -0.3 is 10.1 Å². The number of hydrogen-bond donors (Lipinski definition) is 2. The van der Waals surface area contributed by atoms with Crippen LogP contribution in [-0.4, -0.2) is 31.7 Å². The maximum absolute atomic E-state index is 11.9. The molecule has 0 unspecified atom stereocenters. The normalized spacial score (nSPS) is 10.4. The maximum Gasteiger partial charge on any atom is 0.259 e. The summed E-state index contributed by atoms with van der Waals surface area (Å²) in [4.78, 5) is 23.5. The molecule has 2 N–H and O–H groups in total. The quantitative estimate of drug-likeness (QED) is 0.622. The van der Waals surface area contributed by atoms with Crippen LogP contribution in [0.1, 0.15) is 15.9 Å². The minimum absolute atomic E-state index is 0.189. The molecule has 7 heteroatoms. The van der Waals surface area contributed by atoms with Crippen LogP contribution in [0.15, 0.2) is 53.6 Å². The lowest BCUT2D eigenvalue weighted by molar-refractivity contribution is -0.120. The molecular formula is C17H16ClN3O3. The molecule has 0 spiro atoms. The van der Waals surface area contributed by atoms with E-state index in [1.807, 2.05) is 0 Å². The van der Waals surface area contributed by atoms with Gasteiger partial charge in [-0.05, 0) is 48.0 Å². The standard InChI is InChI=1S/C17H16ClN3O3/c1-24-15-7-5-12(6-8-15)10-20-21-16(22)11-19-17(23)13-3-2-4-14(18)9-13/h2-10H,11H2,1H3,(H,19,23)(H,21,22)/b20-10+. The lowest BCUT2D eigenvalue weighted by atomic mass is 10.2. The lowest BCUT2D eigenvalue weighted by Gasteiger charge is -2.04. The third-order valence-corrected chi connectivity index (χ3v) is 3.25. The number of carbonyl (C=O) groups is 2. The molecule has 0 aliphatic carbocycles. The van der Waals surface area contributed by atoms with Gasteiger partial charge in [-0.3, -0.25) is 9.59 Å². The molecule has 2 rings (SSSR count). The highest BCUT2D eigenvalue weighted by Crippen LogP contribution is 2.10. The zero-order valence-electron chi connectivity index (χ0n) is 13.0. The Bertz CT molecular complexity index is 745. The van der Waals surface area contributed by atoms with Crippen molar-refractivity contribution in [3.05, 3.63) is 64.7 Å². The Balaban J connectivity index is 1.78. The molecule has 0 fully saturated rings. The Morgan fingerprint density at radius 3 is 2.62 bits per heavy atom. The van der Waals surface area contributed by atoms with Crippen LogP contribution in [0.5, 0.6) is 5.75 Å². The highest BCUT2D eigenvalue weighted by molar-refractivity contribution is 6.30. The average molecular weight is 346 g/mol. The second-order valence-electron chi connectivity index (χ2n) is 4.76. The Hall–Kier alpha value is -2.86. The van der Waals surface area contributed by atoms with Crippen molar-refractivity contribution in [2.24, 2.45) is 5.10 Å². The molecule has 2 aromatic carbocycles. The van der Waals surface area contributed by atoms with Crippen LogP contribution >= 0.6 is 11.6 Å². The van der Waals surface area contributed by atoms with Gasteiger partial charge in [0.25, 0.3) is 11.8 Å². The van der Waals surface area contributed by atoms with Gasteiger partial charge in [0.05, 0.1) is 19.9 Å². The summed E-state index contributed by atoms with van der Waals surface area (Å²) in [6.07, 6.45) is 1.50. The third-order valence-electron chi connectivity index (χ3n) is 3.01. The van der Waals surface area contributed by atoms with Gasteiger partial charge in [-0.15, -0.1) is 0 Å². The minimum atomic E-state index is -0.435. The first-order valence-electron chi connectivity index (χ1n) is 7.08. The molecule has 0 atom stereocenters. The van der Waals surface area contributed by atoms with Crippen LogP contribution in [0.2, 0.25) is 5.02 Å². The number of nitrogens with zero attached hydrogens (tertiary/aromatic N) is 1. The van der Waals surface area contributed by atoms with E-state index in [0.29, 0.717) is 10.6 Å². The van der Waals surface area contributed by atoms with E-state index in [0.717, 1.165) is 11.3 Å². The highest BCUT2D eigenvalue weighted by Gasteiger charge is 2.07. The molecule has 2 aromatic rings. The van der Waals surface area contributed by atoms with Crippen LogP contribution < -0.4 is 15.5 Å². The van der Waals surface area contributed by atoms with Crippen LogP contribution in [0, 0.1) is 0 Å². The second kappa shape index (κ2) is 8.69. The lowest BCUT2D eigenvalue weighted by Crippen LogP contribution is -2.34. The summed E-state index contributed by atoms with van der Waals surface area (Å²) in [6, 6.07) is 13.6. The largest absolute Gasteiger partial charge is 0.497 e. The summed E-state index contributed by atoms with van der Waals surface area (Å²) in [5.74, 6) is -0.0816. The van der Waals surface area contributed by atoms with E-state index in [9.17, 15) is 9.59 Å². The number of benzene rings is 2. The first-order chi connectivity index (χ1) is 11.6. The second-order valence-corrected chi connectivity index (χ2v) is 5.20. The maximum atomic E-state index is 11.9. The molecule has 0 aromatic heterocycles. The number of methoxy groups -OCH3 is 1. The third kappa shape index (κ3) is 5.40. The van der Waals surface area contributed by atoms with Crippen molar-refractivity contribution in [3.63, 3.8) is 0 Å². The number of hydrogen-bond acceptors (Lipinski definition) is 4. The molecule has 0 radical (unpaired) electrons. The number of hydrazone groups is 1. The Labute approximate surface area is 144 Å². The van der Waals surface area contributed by atoms with E-state index in [-0.39, 0.29) is 12.5 Å². The van der Waals surface area contributed by atoms with Gasteiger partial charge in [-0.1, -0.05) is 17.7 Å². The summed E-state index contributed by atoms with van der Waals surface area (Å²) < 4.78 is 5.05. The number of amides is 2. The van der Waals surface area contributed by atoms with E-state index < -0.39 is 5.91 Å². The van der Waals surface area contributed by atoms with E-state index in [4.69, 9.17) is 16.3 Å². The topological polar surface area (TPSA) is 79.8 Å². The fourth-order valence-electron chi connectivity index (χ4n) is 1.80. The molecule has 0 saturated carbocycles. The fraction of sp³-hybridized carbons (Fsp3) is 0.118. The smallest absolute Gasteiger partial charge is 0.259 e. The zero-order valence-corrected chi connectivity index (χ0v) is 13.7. The van der Waals surface area contributed by atoms with Gasteiger partial charge in [0, 0.05) is 10.6 Å². The Morgan fingerprint density at radius 2 is 1.96 bits per heavy atom. The van der Waals surface area contributed by atoms with Gasteiger partial charge in [0.15, 0.2) is 0 Å². The van der Waals surface area contributed by atoms with Crippen molar-refractivity contribution in [2.75, 3.05) is 13.7 Å². The van der Waals surface area contributed by atoms with Crippen molar-refractivity contribution < 1.29 is 14.3 Å². The predicted molar refractivity (Wildman–Crippen MR) is 92.5 cm³/mol. The number of ether oxygens (including phenoxy) is 1. The highest BCUT2D eigenvalue weighted by atomic mass is 35.5. The van der Waals surface area contributed by atoms with Crippen LogP contribution in [-0.2, 0) is 4.79 Å². The summed E-state index contributed by atoms with van der Waals surface area (Å²) in [7, 11) is 1.58. The van der Waals surface area contributed by atoms with Crippen LogP contribution in [0.3, 0.4) is 0 Å². The van der Waals surface area contributed by atoms with Crippen molar-refractivity contribution in [1.29, 1.82) is 0 Å². The molecule has 24 heavy (non-hydrogen) atoms. The molecule has 2 amide bonds. The van der Waals surface area contributed by atoms with Crippen molar-refractivity contribution >= 4 is 29.6 Å². The number of rotatable bonds is 6. The van der Waals surface area contributed by atoms with E-state index >= 15 is 0 Å². The molecule has 0 aliphatic heterocycles. The summed E-state index contributed by atoms with van der Waals surface area (Å²) in [5.41, 5.74) is 3.53. The molecule has 0 bridgehead atoms. The zero-order chi connectivity index (χ0) is 17.4. The van der Waals surface area contributed by atoms with Gasteiger partial charge in [0.1, 0.15) is 5.75 Å². The van der Waals surface area contributed by atoms with E-state index in [1.165, 1.54) is 12.3 Å². The minimum Gasteiger partial charge on any atom is -0.497 e. The Morgan fingerprint density at radius 1 is 1.21 bits per heavy atom.